The molecule has 0 aliphatic carbocycles. The van der Waals surface area contributed by atoms with Gasteiger partial charge in [-0.3, -0.25) is 14.4 Å². The Bertz CT molecular complexity index is 190. The molecule has 0 saturated carbocycles. The molecule has 0 heterocycles. The lowest BCUT2D eigenvalue weighted by molar-refractivity contribution is -0.137. The third-order valence-corrected chi connectivity index (χ3v) is 1.17. The van der Waals surface area contributed by atoms with Crippen LogP contribution < -0.4 is 5.32 Å². The van der Waals surface area contributed by atoms with E-state index in [1.165, 1.54) is 6.92 Å². The molecule has 0 unspecified atom stereocenters. The first-order chi connectivity index (χ1) is 5.56. The summed E-state index contributed by atoms with van der Waals surface area (Å²) in [5.74, 6) is -1.37. The average molecular weight is 172 g/mol. The van der Waals surface area contributed by atoms with Crippen molar-refractivity contribution in [1.29, 1.82) is 0 Å². The highest BCUT2D eigenvalue weighted by Gasteiger charge is 2.10. The molecule has 5 heteroatoms. The van der Waals surface area contributed by atoms with Crippen molar-refractivity contribution < 1.29 is 19.5 Å². The predicted octanol–water partition coefficient (Wildman–Crippen LogP) is -0.534. The fourth-order valence-electron chi connectivity index (χ4n) is 0.674. The molecule has 1 amide bonds. The number of carboxylic acids is 1. The molecular formula is C7H10NO4. The molecule has 1 atom stereocenters. The van der Waals surface area contributed by atoms with Crippen LogP contribution in [0.3, 0.4) is 0 Å². The van der Waals surface area contributed by atoms with E-state index in [9.17, 15) is 14.4 Å². The van der Waals surface area contributed by atoms with Gasteiger partial charge in [0.25, 0.3) is 0 Å². The monoisotopic (exact) mass is 172 g/mol. The second-order valence-electron chi connectivity index (χ2n) is 2.30. The normalized spacial score (nSPS) is 11.8. The summed E-state index contributed by atoms with van der Waals surface area (Å²) in [6.07, 6.45) is 1.47. The number of carbonyl (C=O) groups excluding carboxylic acids is 2. The highest BCUT2D eigenvalue weighted by molar-refractivity contribution is 5.77. The number of carboxylic acid groups (broad SMARTS) is 1. The Morgan fingerprint density at radius 1 is 1.58 bits per heavy atom. The van der Waals surface area contributed by atoms with Gasteiger partial charge in [-0.2, -0.15) is 0 Å². The fraction of sp³-hybridized carbons (Fsp3) is 0.571. The number of aliphatic carboxylic acids is 1. The highest BCUT2D eigenvalue weighted by Crippen LogP contribution is 1.94. The summed E-state index contributed by atoms with van der Waals surface area (Å²) in [5, 5.41) is 10.5. The maximum absolute atomic E-state index is 10.4. The van der Waals surface area contributed by atoms with Gasteiger partial charge in [0.1, 0.15) is 0 Å². The Kier molecular flexibility index (Phi) is 4.67. The van der Waals surface area contributed by atoms with Crippen LogP contribution in [0.25, 0.3) is 0 Å². The Morgan fingerprint density at radius 2 is 2.17 bits per heavy atom. The molecule has 0 aromatic rings. The molecule has 12 heavy (non-hydrogen) atoms. The quantitative estimate of drug-likeness (QED) is 0.583. The first kappa shape index (κ1) is 10.6. The van der Waals surface area contributed by atoms with Gasteiger partial charge >= 0.3 is 5.97 Å². The van der Waals surface area contributed by atoms with Crippen molar-refractivity contribution in [2.75, 3.05) is 0 Å². The molecule has 0 aromatic carbocycles. The van der Waals surface area contributed by atoms with Crippen molar-refractivity contribution in [3.05, 3.63) is 0 Å². The Hall–Kier alpha value is -1.39. The predicted molar refractivity (Wildman–Crippen MR) is 40.2 cm³/mol. The van der Waals surface area contributed by atoms with Crippen molar-refractivity contribution in [3.63, 3.8) is 0 Å². The van der Waals surface area contributed by atoms with E-state index in [0.717, 1.165) is 0 Å². The van der Waals surface area contributed by atoms with Gasteiger partial charge in [-0.05, 0) is 6.42 Å². The van der Waals surface area contributed by atoms with Crippen LogP contribution in [0, 0.1) is 0 Å². The van der Waals surface area contributed by atoms with Crippen LogP contribution in [-0.2, 0) is 14.4 Å². The third-order valence-electron chi connectivity index (χ3n) is 1.17. The van der Waals surface area contributed by atoms with Crippen LogP contribution in [0.5, 0.6) is 0 Å². The number of amides is 1. The second kappa shape index (κ2) is 5.29. The van der Waals surface area contributed by atoms with Crippen LogP contribution in [-0.4, -0.2) is 29.3 Å². The van der Waals surface area contributed by atoms with E-state index >= 15 is 0 Å². The Morgan fingerprint density at radius 3 is 2.50 bits per heavy atom. The van der Waals surface area contributed by atoms with E-state index in [-0.39, 0.29) is 18.7 Å². The van der Waals surface area contributed by atoms with Crippen LogP contribution in [0.1, 0.15) is 19.8 Å². The van der Waals surface area contributed by atoms with Crippen molar-refractivity contribution >= 4 is 18.2 Å². The molecule has 0 bridgehead atoms. The summed E-state index contributed by atoms with van der Waals surface area (Å²) >= 11 is 0. The van der Waals surface area contributed by atoms with Gasteiger partial charge in [0.2, 0.25) is 12.2 Å². The van der Waals surface area contributed by atoms with Crippen molar-refractivity contribution in [2.24, 2.45) is 0 Å². The molecule has 1 radical (unpaired) electrons. The molecular weight excluding hydrogens is 162 g/mol. The zero-order valence-corrected chi connectivity index (χ0v) is 6.66. The Labute approximate surface area is 69.8 Å². The smallest absolute Gasteiger partial charge is 0.303 e. The standard InChI is InChI=1S/C7H10NO4/c1-5(10)8-6(4-9)2-3-7(11)12/h6H,2-3H2,1H3,(H,8,10)(H,11,12)/t6-/m0/s1. The van der Waals surface area contributed by atoms with Crippen LogP contribution in [0.15, 0.2) is 0 Å². The highest BCUT2D eigenvalue weighted by atomic mass is 16.4. The van der Waals surface area contributed by atoms with Gasteiger partial charge < -0.3 is 10.4 Å². The molecule has 0 fully saturated rings. The van der Waals surface area contributed by atoms with E-state index in [2.05, 4.69) is 5.32 Å². The molecule has 5 nitrogen and oxygen atoms in total. The van der Waals surface area contributed by atoms with Crippen molar-refractivity contribution in [3.8, 4) is 0 Å². The van der Waals surface area contributed by atoms with Gasteiger partial charge in [-0.15, -0.1) is 0 Å². The fourth-order valence-corrected chi connectivity index (χ4v) is 0.674. The van der Waals surface area contributed by atoms with E-state index < -0.39 is 12.0 Å². The van der Waals surface area contributed by atoms with E-state index in [4.69, 9.17) is 5.11 Å². The average Bonchev–Trinajstić information content (AvgIpc) is 1.97. The first-order valence-corrected chi connectivity index (χ1v) is 3.43. The lowest BCUT2D eigenvalue weighted by Gasteiger charge is -2.07. The topological polar surface area (TPSA) is 83.5 Å². The summed E-state index contributed by atoms with van der Waals surface area (Å²) in [6.45, 7) is 1.26. The number of carbonyl (C=O) groups is 2. The maximum atomic E-state index is 10.4. The van der Waals surface area contributed by atoms with Gasteiger partial charge in [0, 0.05) is 13.3 Å². The van der Waals surface area contributed by atoms with Gasteiger partial charge in [-0.25, -0.2) is 0 Å². The summed E-state index contributed by atoms with van der Waals surface area (Å²) in [6, 6.07) is -0.807. The maximum Gasteiger partial charge on any atom is 0.303 e. The summed E-state index contributed by atoms with van der Waals surface area (Å²) in [4.78, 5) is 30.6. The van der Waals surface area contributed by atoms with Crippen LogP contribution in [0.4, 0.5) is 0 Å². The number of hydrogen-bond acceptors (Lipinski definition) is 3. The molecule has 0 saturated heterocycles. The van der Waals surface area contributed by atoms with Crippen LogP contribution >= 0.6 is 0 Å². The van der Waals surface area contributed by atoms with E-state index in [1.54, 1.807) is 6.29 Å². The first-order valence-electron chi connectivity index (χ1n) is 3.43. The van der Waals surface area contributed by atoms with Gasteiger partial charge in [0.05, 0.1) is 6.04 Å². The van der Waals surface area contributed by atoms with Gasteiger partial charge in [0.15, 0.2) is 0 Å². The molecule has 0 aromatic heterocycles. The van der Waals surface area contributed by atoms with Crippen LogP contribution in [0.2, 0.25) is 0 Å². The lowest BCUT2D eigenvalue weighted by atomic mass is 10.2. The number of nitrogens with one attached hydrogen (secondary N) is 1. The van der Waals surface area contributed by atoms with Crippen molar-refractivity contribution in [1.82, 2.24) is 5.32 Å². The second-order valence-corrected chi connectivity index (χ2v) is 2.30. The Balaban J connectivity index is 3.75. The number of rotatable bonds is 5. The zero-order valence-electron chi connectivity index (χ0n) is 6.66. The molecule has 0 rings (SSSR count). The zero-order chi connectivity index (χ0) is 9.56. The molecule has 0 spiro atoms. The van der Waals surface area contributed by atoms with Gasteiger partial charge in [-0.1, -0.05) is 0 Å². The lowest BCUT2D eigenvalue weighted by Crippen LogP contribution is -2.34. The molecule has 0 aliphatic heterocycles. The summed E-state index contributed by atoms with van der Waals surface area (Å²) in [7, 11) is 0. The summed E-state index contributed by atoms with van der Waals surface area (Å²) in [5.41, 5.74) is 0. The minimum Gasteiger partial charge on any atom is -0.481 e. The largest absolute Gasteiger partial charge is 0.481 e. The molecule has 0 aliphatic rings. The third kappa shape index (κ3) is 5.40. The summed E-state index contributed by atoms with van der Waals surface area (Å²) < 4.78 is 0. The van der Waals surface area contributed by atoms with E-state index in [0.29, 0.717) is 0 Å². The van der Waals surface area contributed by atoms with Crippen molar-refractivity contribution in [2.45, 2.75) is 25.8 Å². The minimum absolute atomic E-state index is 0.0818. The number of hydrogen-bond donors (Lipinski definition) is 2. The molecule has 67 valence electrons. The SMILES string of the molecule is CC(=O)N[C@H]([C]=O)CCC(=O)O. The minimum atomic E-state index is -0.999. The molecule has 2 N–H and O–H groups in total. The van der Waals surface area contributed by atoms with E-state index in [1.807, 2.05) is 0 Å².